The molecule has 0 aliphatic carbocycles. The molecule has 1 N–H and O–H groups in total. The third kappa shape index (κ3) is 6.77. The van der Waals surface area contributed by atoms with Crippen LogP contribution in [0.2, 0.25) is 0 Å². The number of alkyl halides is 3. The SMILES string of the molecule is CCNC(=O)N(Cc1ccc(OC)c(OS(=O)(=O)c2cccc(C(F)(F)F)c2)c1)[C@H](C)CC. The number of rotatable bonds is 9. The van der Waals surface area contributed by atoms with E-state index in [2.05, 4.69) is 5.32 Å². The van der Waals surface area contributed by atoms with Gasteiger partial charge in [0.15, 0.2) is 11.5 Å². The third-order valence-electron chi connectivity index (χ3n) is 4.94. The van der Waals surface area contributed by atoms with Crippen LogP contribution < -0.4 is 14.2 Å². The summed E-state index contributed by atoms with van der Waals surface area (Å²) in [6.07, 6.45) is -4.01. The van der Waals surface area contributed by atoms with Crippen LogP contribution in [0.25, 0.3) is 0 Å². The Labute approximate surface area is 191 Å². The lowest BCUT2D eigenvalue weighted by Crippen LogP contribution is -2.44. The van der Waals surface area contributed by atoms with Crippen molar-refractivity contribution in [1.82, 2.24) is 10.2 Å². The highest BCUT2D eigenvalue weighted by Crippen LogP contribution is 2.34. The lowest BCUT2D eigenvalue weighted by Gasteiger charge is -2.29. The maximum absolute atomic E-state index is 13.0. The molecular formula is C22H27F3N2O5S. The Hall–Kier alpha value is -2.95. The van der Waals surface area contributed by atoms with E-state index in [4.69, 9.17) is 8.92 Å². The van der Waals surface area contributed by atoms with Gasteiger partial charge in [0.2, 0.25) is 0 Å². The van der Waals surface area contributed by atoms with Gasteiger partial charge in [0.1, 0.15) is 4.90 Å². The van der Waals surface area contributed by atoms with Gasteiger partial charge in [-0.3, -0.25) is 0 Å². The van der Waals surface area contributed by atoms with Gasteiger partial charge in [0, 0.05) is 19.1 Å². The molecule has 0 radical (unpaired) electrons. The maximum atomic E-state index is 13.0. The van der Waals surface area contributed by atoms with Crippen LogP contribution in [0.15, 0.2) is 47.4 Å². The molecule has 0 aliphatic heterocycles. The minimum Gasteiger partial charge on any atom is -0.493 e. The van der Waals surface area contributed by atoms with Crippen molar-refractivity contribution >= 4 is 16.1 Å². The van der Waals surface area contributed by atoms with Crippen LogP contribution in [0.4, 0.5) is 18.0 Å². The molecule has 0 saturated carbocycles. The van der Waals surface area contributed by atoms with E-state index in [1.54, 1.807) is 17.9 Å². The van der Waals surface area contributed by atoms with Gasteiger partial charge in [0.05, 0.1) is 12.7 Å². The molecule has 0 aliphatic rings. The largest absolute Gasteiger partial charge is 0.493 e. The Bertz CT molecular complexity index is 1070. The molecule has 0 aromatic heterocycles. The predicted octanol–water partition coefficient (Wildman–Crippen LogP) is 4.81. The third-order valence-corrected chi connectivity index (χ3v) is 6.17. The summed E-state index contributed by atoms with van der Waals surface area (Å²) in [5, 5.41) is 2.74. The topological polar surface area (TPSA) is 84.9 Å². The fourth-order valence-electron chi connectivity index (χ4n) is 2.98. The second-order valence-electron chi connectivity index (χ2n) is 7.27. The molecule has 2 amide bonds. The predicted molar refractivity (Wildman–Crippen MR) is 117 cm³/mol. The summed E-state index contributed by atoms with van der Waals surface area (Å²) in [4.78, 5) is 13.4. The number of halogens is 3. The zero-order valence-corrected chi connectivity index (χ0v) is 19.6. The highest BCUT2D eigenvalue weighted by atomic mass is 32.2. The summed E-state index contributed by atoms with van der Waals surface area (Å²) >= 11 is 0. The molecule has 11 heteroatoms. The Morgan fingerprint density at radius 1 is 1.12 bits per heavy atom. The van der Waals surface area contributed by atoms with Crippen molar-refractivity contribution in [2.24, 2.45) is 0 Å². The van der Waals surface area contributed by atoms with Crippen molar-refractivity contribution in [3.05, 3.63) is 53.6 Å². The zero-order valence-electron chi connectivity index (χ0n) is 18.8. The summed E-state index contributed by atoms with van der Waals surface area (Å²) in [6, 6.07) is 7.41. The van der Waals surface area contributed by atoms with E-state index in [9.17, 15) is 26.4 Å². The second-order valence-corrected chi connectivity index (χ2v) is 8.82. The molecule has 0 heterocycles. The summed E-state index contributed by atoms with van der Waals surface area (Å²) in [6.45, 7) is 6.21. The van der Waals surface area contributed by atoms with Crippen LogP contribution in [-0.2, 0) is 22.8 Å². The number of nitrogens with one attached hydrogen (secondary N) is 1. The minimum absolute atomic E-state index is 0.0717. The number of methoxy groups -OCH3 is 1. The van der Waals surface area contributed by atoms with E-state index in [1.165, 1.54) is 19.2 Å². The number of benzene rings is 2. The van der Waals surface area contributed by atoms with Gasteiger partial charge in [-0.1, -0.05) is 19.1 Å². The number of ether oxygens (including phenoxy) is 1. The van der Waals surface area contributed by atoms with Crippen molar-refractivity contribution in [1.29, 1.82) is 0 Å². The Morgan fingerprint density at radius 3 is 2.39 bits per heavy atom. The van der Waals surface area contributed by atoms with Crippen LogP contribution >= 0.6 is 0 Å². The molecule has 0 spiro atoms. The van der Waals surface area contributed by atoms with E-state index in [0.717, 1.165) is 18.2 Å². The average molecular weight is 489 g/mol. The molecule has 2 aromatic rings. The van der Waals surface area contributed by atoms with Gasteiger partial charge in [-0.25, -0.2) is 4.79 Å². The molecule has 0 saturated heterocycles. The van der Waals surface area contributed by atoms with Crippen LogP contribution in [-0.4, -0.2) is 39.0 Å². The number of carbonyl (C=O) groups excluding carboxylic acids is 1. The molecule has 0 fully saturated rings. The van der Waals surface area contributed by atoms with Gasteiger partial charge >= 0.3 is 22.3 Å². The first-order valence-corrected chi connectivity index (χ1v) is 11.7. The molecular weight excluding hydrogens is 461 g/mol. The standard InChI is InChI=1S/C22H27F3N2O5S/c1-5-15(3)27(21(28)26-6-2)14-16-10-11-19(31-4)20(12-16)32-33(29,30)18-9-7-8-17(13-18)22(23,24)25/h7-13,15H,5-6,14H2,1-4H3,(H,26,28)/t15-/m1/s1. The van der Waals surface area contributed by atoms with E-state index < -0.39 is 26.8 Å². The number of hydrogen-bond acceptors (Lipinski definition) is 5. The van der Waals surface area contributed by atoms with Gasteiger partial charge in [-0.15, -0.1) is 0 Å². The lowest BCUT2D eigenvalue weighted by atomic mass is 10.1. The second kappa shape index (κ2) is 10.8. The normalized spacial score (nSPS) is 12.7. The summed E-state index contributed by atoms with van der Waals surface area (Å²) < 4.78 is 74.7. The Morgan fingerprint density at radius 2 is 1.82 bits per heavy atom. The molecule has 0 unspecified atom stereocenters. The van der Waals surface area contributed by atoms with Crippen molar-refractivity contribution in [3.63, 3.8) is 0 Å². The monoisotopic (exact) mass is 488 g/mol. The Kier molecular flexibility index (Phi) is 8.59. The first kappa shape index (κ1) is 26.3. The van der Waals surface area contributed by atoms with Crippen LogP contribution in [0.5, 0.6) is 11.5 Å². The van der Waals surface area contributed by atoms with Crippen LogP contribution in [0, 0.1) is 0 Å². The number of amides is 2. The highest BCUT2D eigenvalue weighted by Gasteiger charge is 2.32. The maximum Gasteiger partial charge on any atom is 0.416 e. The Balaban J connectivity index is 2.39. The summed E-state index contributed by atoms with van der Waals surface area (Å²) in [7, 11) is -3.29. The first-order chi connectivity index (χ1) is 15.4. The van der Waals surface area contributed by atoms with Gasteiger partial charge in [0.25, 0.3) is 0 Å². The number of urea groups is 1. The minimum atomic E-state index is -4.71. The molecule has 1 atom stereocenters. The lowest BCUT2D eigenvalue weighted by molar-refractivity contribution is -0.137. The molecule has 182 valence electrons. The van der Waals surface area contributed by atoms with Gasteiger partial charge in [-0.2, -0.15) is 21.6 Å². The average Bonchev–Trinajstić information content (AvgIpc) is 2.76. The van der Waals surface area contributed by atoms with Gasteiger partial charge in [-0.05, 0) is 56.2 Å². The van der Waals surface area contributed by atoms with Crippen molar-refractivity contribution in [2.75, 3.05) is 13.7 Å². The number of hydrogen-bond donors (Lipinski definition) is 1. The van der Waals surface area contributed by atoms with Crippen LogP contribution in [0.3, 0.4) is 0 Å². The van der Waals surface area contributed by atoms with Crippen molar-refractivity contribution in [3.8, 4) is 11.5 Å². The molecule has 2 rings (SSSR count). The molecule has 0 bridgehead atoms. The summed E-state index contributed by atoms with van der Waals surface area (Å²) in [5.74, 6) is -0.130. The molecule has 2 aromatic carbocycles. The van der Waals surface area contributed by atoms with E-state index in [1.807, 2.05) is 13.8 Å². The van der Waals surface area contributed by atoms with E-state index in [0.29, 0.717) is 24.6 Å². The van der Waals surface area contributed by atoms with E-state index >= 15 is 0 Å². The number of carbonyl (C=O) groups is 1. The van der Waals surface area contributed by atoms with E-state index in [-0.39, 0.29) is 30.1 Å². The number of nitrogens with zero attached hydrogens (tertiary/aromatic N) is 1. The van der Waals surface area contributed by atoms with Crippen molar-refractivity contribution < 1.29 is 35.3 Å². The quantitative estimate of drug-likeness (QED) is 0.512. The molecule has 7 nitrogen and oxygen atoms in total. The molecule has 33 heavy (non-hydrogen) atoms. The van der Waals surface area contributed by atoms with Gasteiger partial charge < -0.3 is 19.1 Å². The van der Waals surface area contributed by atoms with Crippen molar-refractivity contribution in [2.45, 2.75) is 50.9 Å². The van der Waals surface area contributed by atoms with Crippen LogP contribution in [0.1, 0.15) is 38.3 Å². The fraction of sp³-hybridized carbons (Fsp3) is 0.409. The smallest absolute Gasteiger partial charge is 0.416 e. The fourth-order valence-corrected chi connectivity index (χ4v) is 3.96. The zero-order chi connectivity index (χ0) is 24.8. The highest BCUT2D eigenvalue weighted by molar-refractivity contribution is 7.87. The summed E-state index contributed by atoms with van der Waals surface area (Å²) in [5.41, 5.74) is -0.560. The first-order valence-electron chi connectivity index (χ1n) is 10.3.